The molecule has 6 heteroatoms. The van der Waals surface area contributed by atoms with Gasteiger partial charge in [0.05, 0.1) is 12.2 Å². The average molecular weight is 384 g/mol. The third-order valence-corrected chi connectivity index (χ3v) is 4.96. The molecule has 2 amide bonds. The third-order valence-electron chi connectivity index (χ3n) is 4.96. The van der Waals surface area contributed by atoms with E-state index in [1.807, 2.05) is 12.1 Å². The Balaban J connectivity index is 1.50. The van der Waals surface area contributed by atoms with E-state index in [2.05, 4.69) is 5.32 Å². The van der Waals surface area contributed by atoms with Gasteiger partial charge in [0.15, 0.2) is 0 Å². The van der Waals surface area contributed by atoms with Gasteiger partial charge in [-0.2, -0.15) is 0 Å². The average Bonchev–Trinajstić information content (AvgIpc) is 2.70. The van der Waals surface area contributed by atoms with Gasteiger partial charge in [0.1, 0.15) is 5.82 Å². The maximum Gasteiger partial charge on any atom is 0.338 e. The highest BCUT2D eigenvalue weighted by molar-refractivity contribution is 5.94. The summed E-state index contributed by atoms with van der Waals surface area (Å²) in [5.74, 6) is -0.135. The number of hydrogen-bond acceptors (Lipinski definition) is 3. The fraction of sp³-hybridized carbons (Fsp3) is 0.364. The molecule has 0 atom stereocenters. The zero-order valence-electron chi connectivity index (χ0n) is 16.0. The molecule has 3 rings (SSSR count). The van der Waals surface area contributed by atoms with Crippen molar-refractivity contribution in [1.82, 2.24) is 4.90 Å². The van der Waals surface area contributed by atoms with Crippen LogP contribution in [0.3, 0.4) is 0 Å². The summed E-state index contributed by atoms with van der Waals surface area (Å²) in [4.78, 5) is 26.1. The van der Waals surface area contributed by atoms with Crippen LogP contribution in [0.2, 0.25) is 0 Å². The number of nitrogens with one attached hydrogen (secondary N) is 1. The zero-order valence-corrected chi connectivity index (χ0v) is 16.0. The number of carbonyl (C=O) groups excluding carboxylic acids is 2. The number of rotatable bonds is 5. The van der Waals surface area contributed by atoms with Gasteiger partial charge in [-0.15, -0.1) is 0 Å². The molecule has 1 N–H and O–H groups in total. The van der Waals surface area contributed by atoms with Crippen molar-refractivity contribution >= 4 is 17.7 Å². The van der Waals surface area contributed by atoms with E-state index in [0.29, 0.717) is 36.9 Å². The molecule has 1 aliphatic rings. The lowest BCUT2D eigenvalue weighted by Gasteiger charge is -2.32. The molecule has 1 fully saturated rings. The van der Waals surface area contributed by atoms with Crippen LogP contribution in [0.25, 0.3) is 0 Å². The third kappa shape index (κ3) is 5.31. The molecule has 1 aliphatic heterocycles. The molecule has 1 saturated heterocycles. The normalized spacial score (nSPS) is 14.6. The summed E-state index contributed by atoms with van der Waals surface area (Å²) >= 11 is 0. The van der Waals surface area contributed by atoms with Gasteiger partial charge in [-0.25, -0.2) is 14.0 Å². The van der Waals surface area contributed by atoms with Crippen molar-refractivity contribution in [3.8, 4) is 0 Å². The van der Waals surface area contributed by atoms with Gasteiger partial charge in [0.25, 0.3) is 0 Å². The zero-order chi connectivity index (χ0) is 19.9. The largest absolute Gasteiger partial charge is 0.462 e. The second-order valence-electron chi connectivity index (χ2n) is 6.99. The van der Waals surface area contributed by atoms with Crippen LogP contribution in [0.5, 0.6) is 0 Å². The molecule has 28 heavy (non-hydrogen) atoms. The molecular weight excluding hydrogens is 359 g/mol. The molecule has 0 bridgehead atoms. The van der Waals surface area contributed by atoms with Gasteiger partial charge < -0.3 is 15.0 Å². The van der Waals surface area contributed by atoms with Gasteiger partial charge in [0.2, 0.25) is 0 Å². The Kier molecular flexibility index (Phi) is 6.63. The van der Waals surface area contributed by atoms with Crippen molar-refractivity contribution in [2.75, 3.05) is 25.0 Å². The summed E-state index contributed by atoms with van der Waals surface area (Å²) in [6, 6.07) is 13.2. The second-order valence-corrected chi connectivity index (χ2v) is 6.99. The number of esters is 1. The van der Waals surface area contributed by atoms with Gasteiger partial charge >= 0.3 is 12.0 Å². The maximum absolute atomic E-state index is 13.0. The van der Waals surface area contributed by atoms with Crippen LogP contribution in [0.15, 0.2) is 48.5 Å². The highest BCUT2D eigenvalue weighted by Crippen LogP contribution is 2.23. The van der Waals surface area contributed by atoms with Crippen molar-refractivity contribution in [3.63, 3.8) is 0 Å². The lowest BCUT2D eigenvalue weighted by molar-refractivity contribution is 0.0526. The van der Waals surface area contributed by atoms with Crippen molar-refractivity contribution in [2.24, 2.45) is 5.92 Å². The minimum atomic E-state index is -0.403. The number of nitrogens with zero attached hydrogens (tertiary/aromatic N) is 1. The number of carbonyl (C=O) groups is 2. The van der Waals surface area contributed by atoms with Crippen molar-refractivity contribution < 1.29 is 18.7 Å². The van der Waals surface area contributed by atoms with Crippen molar-refractivity contribution in [2.45, 2.75) is 26.2 Å². The van der Waals surface area contributed by atoms with Crippen LogP contribution in [-0.4, -0.2) is 36.6 Å². The molecule has 5 nitrogen and oxygen atoms in total. The lowest BCUT2D eigenvalue weighted by Crippen LogP contribution is -2.41. The highest BCUT2D eigenvalue weighted by atomic mass is 19.1. The fourth-order valence-electron chi connectivity index (χ4n) is 3.43. The Morgan fingerprint density at radius 2 is 1.86 bits per heavy atom. The van der Waals surface area contributed by atoms with E-state index in [1.165, 1.54) is 12.1 Å². The van der Waals surface area contributed by atoms with E-state index in [1.54, 1.807) is 36.1 Å². The lowest BCUT2D eigenvalue weighted by atomic mass is 9.90. The first-order valence-corrected chi connectivity index (χ1v) is 9.62. The Bertz CT molecular complexity index is 815. The predicted molar refractivity (Wildman–Crippen MR) is 106 cm³/mol. The summed E-state index contributed by atoms with van der Waals surface area (Å²) in [6.45, 7) is 3.41. The van der Waals surface area contributed by atoms with Crippen LogP contribution in [0.4, 0.5) is 14.9 Å². The summed E-state index contributed by atoms with van der Waals surface area (Å²) in [5, 5.41) is 2.86. The van der Waals surface area contributed by atoms with E-state index in [4.69, 9.17) is 4.74 Å². The van der Waals surface area contributed by atoms with Gasteiger partial charge in [0, 0.05) is 18.8 Å². The number of benzene rings is 2. The summed E-state index contributed by atoms with van der Waals surface area (Å²) in [5.41, 5.74) is 2.11. The Morgan fingerprint density at radius 1 is 1.14 bits per heavy atom. The number of likely N-dealkylation sites (tertiary alicyclic amines) is 1. The molecule has 0 radical (unpaired) electrons. The summed E-state index contributed by atoms with van der Waals surface area (Å²) in [6.07, 6.45) is 2.72. The van der Waals surface area contributed by atoms with E-state index in [-0.39, 0.29) is 11.8 Å². The monoisotopic (exact) mass is 384 g/mol. The SMILES string of the molecule is CCOC(=O)c1cccc(NC(=O)N2CCC(Cc3ccc(F)cc3)CC2)c1. The van der Waals surface area contributed by atoms with Crippen LogP contribution < -0.4 is 5.32 Å². The van der Waals surface area contributed by atoms with E-state index in [0.717, 1.165) is 24.8 Å². The molecule has 0 spiro atoms. The fourth-order valence-corrected chi connectivity index (χ4v) is 3.43. The number of hydrogen-bond donors (Lipinski definition) is 1. The van der Waals surface area contributed by atoms with E-state index < -0.39 is 5.97 Å². The van der Waals surface area contributed by atoms with Crippen LogP contribution in [-0.2, 0) is 11.2 Å². The smallest absolute Gasteiger partial charge is 0.338 e. The number of ether oxygens (including phenoxy) is 1. The Morgan fingerprint density at radius 3 is 2.54 bits per heavy atom. The molecule has 0 aliphatic carbocycles. The van der Waals surface area contributed by atoms with Crippen LogP contribution in [0, 0.1) is 11.7 Å². The van der Waals surface area contributed by atoms with E-state index >= 15 is 0 Å². The first-order chi connectivity index (χ1) is 13.5. The Labute approximate surface area is 164 Å². The number of amides is 2. The number of piperidine rings is 1. The molecular formula is C22H25FN2O3. The number of anilines is 1. The number of urea groups is 1. The second kappa shape index (κ2) is 9.35. The van der Waals surface area contributed by atoms with Crippen molar-refractivity contribution in [1.29, 1.82) is 0 Å². The minimum absolute atomic E-state index is 0.166. The predicted octanol–water partition coefficient (Wildman–Crippen LogP) is 4.49. The van der Waals surface area contributed by atoms with Crippen LogP contribution in [0.1, 0.15) is 35.7 Å². The summed E-state index contributed by atoms with van der Waals surface area (Å²) < 4.78 is 18.0. The standard InChI is InChI=1S/C22H25FN2O3/c1-2-28-21(26)18-4-3-5-20(15-18)24-22(27)25-12-10-17(11-13-25)14-16-6-8-19(23)9-7-16/h3-9,15,17H,2,10-14H2,1H3,(H,24,27). The molecule has 2 aromatic carbocycles. The minimum Gasteiger partial charge on any atom is -0.462 e. The molecule has 0 unspecified atom stereocenters. The molecule has 148 valence electrons. The molecule has 0 aromatic heterocycles. The topological polar surface area (TPSA) is 58.6 Å². The quantitative estimate of drug-likeness (QED) is 0.773. The van der Waals surface area contributed by atoms with Gasteiger partial charge in [-0.3, -0.25) is 0 Å². The molecule has 1 heterocycles. The summed E-state index contributed by atoms with van der Waals surface area (Å²) in [7, 11) is 0. The van der Waals surface area contributed by atoms with E-state index in [9.17, 15) is 14.0 Å². The Hall–Kier alpha value is -2.89. The first kappa shape index (κ1) is 19.9. The van der Waals surface area contributed by atoms with Gasteiger partial charge in [-0.05, 0) is 68.0 Å². The molecule has 2 aromatic rings. The number of halogens is 1. The van der Waals surface area contributed by atoms with Crippen molar-refractivity contribution in [3.05, 3.63) is 65.5 Å². The highest BCUT2D eigenvalue weighted by Gasteiger charge is 2.23. The van der Waals surface area contributed by atoms with Gasteiger partial charge in [-0.1, -0.05) is 18.2 Å². The molecule has 0 saturated carbocycles. The van der Waals surface area contributed by atoms with Crippen LogP contribution >= 0.6 is 0 Å². The first-order valence-electron chi connectivity index (χ1n) is 9.62. The maximum atomic E-state index is 13.0.